The topological polar surface area (TPSA) is 86.8 Å². The van der Waals surface area contributed by atoms with E-state index in [-0.39, 0.29) is 24.8 Å². The molecule has 0 bridgehead atoms. The van der Waals surface area contributed by atoms with E-state index in [1.54, 1.807) is 30.3 Å². The Morgan fingerprint density at radius 3 is 2.22 bits per heavy atom. The average molecular weight is 619 g/mol. The van der Waals surface area contributed by atoms with E-state index in [9.17, 15) is 18.0 Å². The van der Waals surface area contributed by atoms with Crippen LogP contribution in [0.5, 0.6) is 0 Å². The fraction of sp³-hybridized carbons (Fsp3) is 0.355. The molecule has 2 amide bonds. The number of benzene rings is 3. The summed E-state index contributed by atoms with van der Waals surface area (Å²) in [6, 6.07) is 20.5. The van der Waals surface area contributed by atoms with Gasteiger partial charge in [0, 0.05) is 29.6 Å². The van der Waals surface area contributed by atoms with Gasteiger partial charge >= 0.3 is 0 Å². The number of nitrogens with zero attached hydrogens (tertiary/aromatic N) is 2. The summed E-state index contributed by atoms with van der Waals surface area (Å²) in [5.41, 5.74) is 2.66. The number of sulfonamides is 1. The highest BCUT2D eigenvalue weighted by Gasteiger charge is 2.33. The van der Waals surface area contributed by atoms with Crippen LogP contribution in [0.25, 0.3) is 0 Å². The maximum absolute atomic E-state index is 14.2. The number of rotatable bonds is 13. The molecule has 0 aliphatic heterocycles. The summed E-state index contributed by atoms with van der Waals surface area (Å²) in [5.74, 6) is -0.851. The molecule has 1 atom stereocenters. The van der Waals surface area contributed by atoms with Gasteiger partial charge in [0.05, 0.1) is 11.9 Å². The third kappa shape index (κ3) is 8.96. The van der Waals surface area contributed by atoms with Crippen molar-refractivity contribution < 1.29 is 18.0 Å². The van der Waals surface area contributed by atoms with E-state index < -0.39 is 28.5 Å². The van der Waals surface area contributed by atoms with Gasteiger partial charge in [-0.1, -0.05) is 98.6 Å². The molecule has 0 unspecified atom stereocenters. The van der Waals surface area contributed by atoms with Gasteiger partial charge in [-0.3, -0.25) is 13.9 Å². The molecule has 3 rings (SSSR count). The maximum atomic E-state index is 14.2. The van der Waals surface area contributed by atoms with Crippen molar-refractivity contribution in [2.75, 3.05) is 23.7 Å². The zero-order chi connectivity index (χ0) is 30.2. The number of nitrogens with one attached hydrogen (secondary N) is 1. The lowest BCUT2D eigenvalue weighted by Gasteiger charge is -2.34. The molecule has 0 radical (unpaired) electrons. The second-order valence-electron chi connectivity index (χ2n) is 10.2. The number of para-hydroxylation sites is 1. The minimum Gasteiger partial charge on any atom is -0.354 e. The Hall–Kier alpha value is -3.07. The molecule has 10 heteroatoms. The molecule has 3 aromatic carbocycles. The van der Waals surface area contributed by atoms with Crippen molar-refractivity contribution in [3.63, 3.8) is 0 Å². The van der Waals surface area contributed by atoms with Crippen LogP contribution in [0.2, 0.25) is 10.0 Å². The molecule has 1 N–H and O–H groups in total. The van der Waals surface area contributed by atoms with Crippen molar-refractivity contribution in [1.82, 2.24) is 10.2 Å². The summed E-state index contributed by atoms with van der Waals surface area (Å²) >= 11 is 12.6. The van der Waals surface area contributed by atoms with Crippen molar-refractivity contribution in [3.05, 3.63) is 99.5 Å². The number of carbonyl (C=O) groups is 2. The fourth-order valence-electron chi connectivity index (χ4n) is 4.55. The van der Waals surface area contributed by atoms with Crippen LogP contribution >= 0.6 is 23.2 Å². The van der Waals surface area contributed by atoms with Crippen molar-refractivity contribution in [2.24, 2.45) is 0 Å². The molecular formula is C31H37Cl2N3O4S. The van der Waals surface area contributed by atoms with Gasteiger partial charge in [-0.25, -0.2) is 8.42 Å². The number of anilines is 1. The van der Waals surface area contributed by atoms with Crippen molar-refractivity contribution in [2.45, 2.75) is 52.1 Å². The maximum Gasteiger partial charge on any atom is 0.244 e. The van der Waals surface area contributed by atoms with E-state index in [1.165, 1.54) is 4.90 Å². The second-order valence-corrected chi connectivity index (χ2v) is 13.0. The van der Waals surface area contributed by atoms with Gasteiger partial charge in [-0.05, 0) is 47.2 Å². The van der Waals surface area contributed by atoms with Crippen molar-refractivity contribution in [3.8, 4) is 0 Å². The van der Waals surface area contributed by atoms with Gasteiger partial charge in [0.25, 0.3) is 0 Å². The molecule has 220 valence electrons. The Labute approximate surface area is 253 Å². The highest BCUT2D eigenvalue weighted by Crippen LogP contribution is 2.30. The molecule has 7 nitrogen and oxygen atoms in total. The lowest BCUT2D eigenvalue weighted by molar-refractivity contribution is -0.140. The van der Waals surface area contributed by atoms with E-state index in [1.807, 2.05) is 63.2 Å². The van der Waals surface area contributed by atoms with Crippen LogP contribution < -0.4 is 9.62 Å². The highest BCUT2D eigenvalue weighted by molar-refractivity contribution is 7.92. The smallest absolute Gasteiger partial charge is 0.244 e. The van der Waals surface area contributed by atoms with Gasteiger partial charge < -0.3 is 10.2 Å². The summed E-state index contributed by atoms with van der Waals surface area (Å²) in [6.07, 6.45) is 2.02. The van der Waals surface area contributed by atoms with Crippen molar-refractivity contribution >= 4 is 50.7 Å². The third-order valence-corrected chi connectivity index (χ3v) is 8.40. The van der Waals surface area contributed by atoms with Crippen molar-refractivity contribution in [1.29, 1.82) is 0 Å². The Bertz CT molecular complexity index is 1450. The predicted octanol–water partition coefficient (Wildman–Crippen LogP) is 6.05. The van der Waals surface area contributed by atoms with E-state index >= 15 is 0 Å². The first-order valence-electron chi connectivity index (χ1n) is 13.5. The molecule has 0 saturated heterocycles. The van der Waals surface area contributed by atoms with Crippen LogP contribution in [-0.4, -0.2) is 50.5 Å². The van der Waals surface area contributed by atoms with E-state index in [2.05, 4.69) is 5.32 Å². The second kappa shape index (κ2) is 14.7. The molecule has 3 aromatic rings. The molecule has 0 aliphatic carbocycles. The van der Waals surface area contributed by atoms with Gasteiger partial charge in [0.15, 0.2) is 0 Å². The summed E-state index contributed by atoms with van der Waals surface area (Å²) in [7, 11) is -3.87. The number of hydrogen-bond acceptors (Lipinski definition) is 4. The molecule has 41 heavy (non-hydrogen) atoms. The molecule has 0 spiro atoms. The first kappa shape index (κ1) is 32.4. The first-order valence-corrected chi connectivity index (χ1v) is 16.1. The Morgan fingerprint density at radius 2 is 1.61 bits per heavy atom. The lowest BCUT2D eigenvalue weighted by Crippen LogP contribution is -2.53. The van der Waals surface area contributed by atoms with Gasteiger partial charge in [0.1, 0.15) is 12.6 Å². The number of halogens is 2. The normalized spacial score (nSPS) is 12.2. The van der Waals surface area contributed by atoms with Crippen LogP contribution in [0.4, 0.5) is 5.69 Å². The molecule has 0 aliphatic rings. The molecule has 0 fully saturated rings. The zero-order valence-electron chi connectivity index (χ0n) is 23.8. The number of amides is 2. The Balaban J connectivity index is 2.11. The van der Waals surface area contributed by atoms with Crippen LogP contribution in [0.15, 0.2) is 72.8 Å². The minimum absolute atomic E-state index is 0.0141. The molecular weight excluding hydrogens is 581 g/mol. The lowest BCUT2D eigenvalue weighted by atomic mass is 10.0. The first-order chi connectivity index (χ1) is 19.4. The molecule has 0 saturated carbocycles. The zero-order valence-corrected chi connectivity index (χ0v) is 26.1. The predicted molar refractivity (Wildman–Crippen MR) is 167 cm³/mol. The monoisotopic (exact) mass is 617 g/mol. The van der Waals surface area contributed by atoms with Gasteiger partial charge in [0.2, 0.25) is 21.8 Å². The third-order valence-electron chi connectivity index (χ3n) is 6.68. The van der Waals surface area contributed by atoms with E-state index in [0.717, 1.165) is 21.7 Å². The Morgan fingerprint density at radius 1 is 0.951 bits per heavy atom. The summed E-state index contributed by atoms with van der Waals surface area (Å²) in [4.78, 5) is 29.2. The summed E-state index contributed by atoms with van der Waals surface area (Å²) < 4.78 is 27.3. The van der Waals surface area contributed by atoms with E-state index in [0.29, 0.717) is 34.3 Å². The van der Waals surface area contributed by atoms with Crippen LogP contribution in [0.1, 0.15) is 49.8 Å². The summed E-state index contributed by atoms with van der Waals surface area (Å²) in [5, 5.41) is 3.70. The SMILES string of the molecule is CCCNC(=O)[C@H](Cc1ccccc1)N(Cc1ccc(Cl)cc1Cl)C(=O)CN(c1ccccc1C(C)C)S(C)(=O)=O. The van der Waals surface area contributed by atoms with Gasteiger partial charge in [-0.2, -0.15) is 0 Å². The highest BCUT2D eigenvalue weighted by atomic mass is 35.5. The number of hydrogen-bond donors (Lipinski definition) is 1. The molecule has 0 heterocycles. The van der Waals surface area contributed by atoms with E-state index in [4.69, 9.17) is 23.2 Å². The average Bonchev–Trinajstić information content (AvgIpc) is 2.93. The van der Waals surface area contributed by atoms with Crippen LogP contribution in [-0.2, 0) is 32.6 Å². The van der Waals surface area contributed by atoms with Crippen LogP contribution in [0, 0.1) is 0 Å². The Kier molecular flexibility index (Phi) is 11.6. The molecule has 0 aromatic heterocycles. The largest absolute Gasteiger partial charge is 0.354 e. The minimum atomic E-state index is -3.87. The summed E-state index contributed by atoms with van der Waals surface area (Å²) in [6.45, 7) is 5.80. The van der Waals surface area contributed by atoms with Gasteiger partial charge in [-0.15, -0.1) is 0 Å². The standard InChI is InChI=1S/C31H37Cl2N3O4S/c1-5-17-34-31(38)29(18-23-11-7-6-8-12-23)35(20-24-15-16-25(32)19-27(24)33)30(37)21-36(41(4,39)40)28-14-10-9-13-26(28)22(2)3/h6-16,19,22,29H,5,17-18,20-21H2,1-4H3,(H,34,38)/t29-/m0/s1. The van der Waals surface area contributed by atoms with Crippen LogP contribution in [0.3, 0.4) is 0 Å². The quantitative estimate of drug-likeness (QED) is 0.253. The fourth-order valence-corrected chi connectivity index (χ4v) is 5.89. The number of carbonyl (C=O) groups excluding carboxylic acids is 2.